The Morgan fingerprint density at radius 1 is 1.53 bits per heavy atom. The Morgan fingerprint density at radius 2 is 2.42 bits per heavy atom. The van der Waals surface area contributed by atoms with E-state index in [9.17, 15) is 4.79 Å². The van der Waals surface area contributed by atoms with Gasteiger partial charge in [0.1, 0.15) is 11.4 Å². The van der Waals surface area contributed by atoms with Crippen LogP contribution in [0.3, 0.4) is 0 Å². The summed E-state index contributed by atoms with van der Waals surface area (Å²) in [6.07, 6.45) is 2.76. The monoisotopic (exact) mass is 262 g/mol. The molecule has 100 valence electrons. The van der Waals surface area contributed by atoms with E-state index in [1.165, 1.54) is 7.11 Å². The first kappa shape index (κ1) is 12.0. The van der Waals surface area contributed by atoms with Crippen LogP contribution in [0.1, 0.15) is 0 Å². The summed E-state index contributed by atoms with van der Waals surface area (Å²) in [6.45, 7) is 1.59. The third-order valence-electron chi connectivity index (χ3n) is 3.19. The van der Waals surface area contributed by atoms with E-state index in [0.29, 0.717) is 19.7 Å². The molecule has 0 amide bonds. The fourth-order valence-electron chi connectivity index (χ4n) is 2.25. The molecule has 0 saturated carbocycles. The third kappa shape index (κ3) is 2.15. The second kappa shape index (κ2) is 4.89. The number of hydrogen-bond acceptors (Lipinski definition) is 6. The Hall–Kier alpha value is -2.08. The molecule has 0 bridgehead atoms. The standard InChI is InChI=1S/C13H14N2O4/c1-17-13(16)11-8-15(5-7-19-11)12-9-3-6-18-10(9)2-4-14-12/h2-4,6,11H,5,7-8H2,1H3. The Labute approximate surface area is 109 Å². The number of furan rings is 1. The molecule has 6 heteroatoms. The number of nitrogens with zero attached hydrogens (tertiary/aromatic N) is 2. The largest absolute Gasteiger partial charge is 0.467 e. The third-order valence-corrected chi connectivity index (χ3v) is 3.19. The van der Waals surface area contributed by atoms with Crippen molar-refractivity contribution < 1.29 is 18.7 Å². The van der Waals surface area contributed by atoms with Crippen LogP contribution >= 0.6 is 0 Å². The summed E-state index contributed by atoms with van der Waals surface area (Å²) in [7, 11) is 1.36. The van der Waals surface area contributed by atoms with E-state index in [2.05, 4.69) is 4.98 Å². The highest BCUT2D eigenvalue weighted by Crippen LogP contribution is 2.26. The average molecular weight is 262 g/mol. The molecule has 1 saturated heterocycles. The number of methoxy groups -OCH3 is 1. The van der Waals surface area contributed by atoms with Crippen LogP contribution in [-0.4, -0.2) is 43.9 Å². The molecular weight excluding hydrogens is 248 g/mol. The highest BCUT2D eigenvalue weighted by molar-refractivity contribution is 5.88. The molecule has 6 nitrogen and oxygen atoms in total. The van der Waals surface area contributed by atoms with Gasteiger partial charge in [0.25, 0.3) is 0 Å². The zero-order valence-corrected chi connectivity index (χ0v) is 10.5. The van der Waals surface area contributed by atoms with Crippen LogP contribution in [0.4, 0.5) is 5.82 Å². The predicted octanol–water partition coefficient (Wildman–Crippen LogP) is 1.21. The lowest BCUT2D eigenvalue weighted by atomic mass is 10.2. The smallest absolute Gasteiger partial charge is 0.336 e. The fraction of sp³-hybridized carbons (Fsp3) is 0.385. The molecule has 1 atom stereocenters. The Balaban J connectivity index is 1.89. The van der Waals surface area contributed by atoms with Gasteiger partial charge in [-0.1, -0.05) is 0 Å². The quantitative estimate of drug-likeness (QED) is 0.758. The lowest BCUT2D eigenvalue weighted by molar-refractivity contribution is -0.154. The van der Waals surface area contributed by atoms with E-state index in [-0.39, 0.29) is 5.97 Å². The number of esters is 1. The van der Waals surface area contributed by atoms with Gasteiger partial charge in [-0.15, -0.1) is 0 Å². The van der Waals surface area contributed by atoms with Crippen molar-refractivity contribution in [1.82, 2.24) is 4.98 Å². The van der Waals surface area contributed by atoms with E-state index in [1.54, 1.807) is 12.5 Å². The Bertz CT molecular complexity index is 595. The number of pyridine rings is 1. The SMILES string of the molecule is COC(=O)C1CN(c2nccc3occc23)CCO1. The van der Waals surface area contributed by atoms with Crippen LogP contribution in [0.5, 0.6) is 0 Å². The summed E-state index contributed by atoms with van der Waals surface area (Å²) >= 11 is 0. The topological polar surface area (TPSA) is 64.8 Å². The number of morpholine rings is 1. The van der Waals surface area contributed by atoms with Gasteiger partial charge in [-0.25, -0.2) is 9.78 Å². The molecule has 2 aromatic heterocycles. The summed E-state index contributed by atoms with van der Waals surface area (Å²) in [5.41, 5.74) is 0.783. The first-order chi connectivity index (χ1) is 9.29. The number of ether oxygens (including phenoxy) is 2. The molecule has 2 aromatic rings. The minimum Gasteiger partial charge on any atom is -0.467 e. The van der Waals surface area contributed by atoms with Gasteiger partial charge in [0.05, 0.1) is 31.9 Å². The molecular formula is C13H14N2O4. The van der Waals surface area contributed by atoms with Gasteiger partial charge in [-0.2, -0.15) is 0 Å². The summed E-state index contributed by atoms with van der Waals surface area (Å²) in [5, 5.41) is 0.938. The number of carbonyl (C=O) groups excluding carboxylic acids is 1. The summed E-state index contributed by atoms with van der Waals surface area (Å²) in [4.78, 5) is 17.9. The fourth-order valence-corrected chi connectivity index (χ4v) is 2.25. The van der Waals surface area contributed by atoms with Crippen molar-refractivity contribution in [3.8, 4) is 0 Å². The number of hydrogen-bond donors (Lipinski definition) is 0. The first-order valence-electron chi connectivity index (χ1n) is 6.06. The van der Waals surface area contributed by atoms with Crippen LogP contribution in [0.2, 0.25) is 0 Å². The van der Waals surface area contributed by atoms with E-state index in [1.807, 2.05) is 17.0 Å². The number of anilines is 1. The first-order valence-corrected chi connectivity index (χ1v) is 6.06. The van der Waals surface area contributed by atoms with E-state index >= 15 is 0 Å². The van der Waals surface area contributed by atoms with Crippen LogP contribution in [0.15, 0.2) is 29.0 Å². The van der Waals surface area contributed by atoms with Gasteiger partial charge < -0.3 is 18.8 Å². The molecule has 0 aromatic carbocycles. The molecule has 1 aliphatic rings. The van der Waals surface area contributed by atoms with Crippen molar-refractivity contribution in [2.75, 3.05) is 31.7 Å². The Kier molecular flexibility index (Phi) is 3.08. The minimum atomic E-state index is -0.567. The number of fused-ring (bicyclic) bond motifs is 1. The predicted molar refractivity (Wildman–Crippen MR) is 68.0 cm³/mol. The maximum absolute atomic E-state index is 11.5. The van der Waals surface area contributed by atoms with Crippen molar-refractivity contribution in [1.29, 1.82) is 0 Å². The molecule has 19 heavy (non-hydrogen) atoms. The number of carbonyl (C=O) groups is 1. The van der Waals surface area contributed by atoms with Gasteiger partial charge in [-0.3, -0.25) is 0 Å². The van der Waals surface area contributed by atoms with Crippen molar-refractivity contribution in [2.24, 2.45) is 0 Å². The molecule has 3 heterocycles. The van der Waals surface area contributed by atoms with Gasteiger partial charge >= 0.3 is 5.97 Å². The van der Waals surface area contributed by atoms with Crippen LogP contribution < -0.4 is 4.90 Å². The zero-order valence-electron chi connectivity index (χ0n) is 10.5. The van der Waals surface area contributed by atoms with Gasteiger partial charge in [0.15, 0.2) is 6.10 Å². The normalized spacial score (nSPS) is 19.6. The highest BCUT2D eigenvalue weighted by atomic mass is 16.6. The van der Waals surface area contributed by atoms with Crippen LogP contribution in [0, 0.1) is 0 Å². The Morgan fingerprint density at radius 3 is 3.26 bits per heavy atom. The van der Waals surface area contributed by atoms with E-state index < -0.39 is 6.10 Å². The second-order valence-electron chi connectivity index (χ2n) is 4.30. The van der Waals surface area contributed by atoms with Crippen molar-refractivity contribution in [2.45, 2.75) is 6.10 Å². The lowest BCUT2D eigenvalue weighted by Crippen LogP contribution is -2.46. The number of aromatic nitrogens is 1. The maximum Gasteiger partial charge on any atom is 0.336 e. The molecule has 0 N–H and O–H groups in total. The molecule has 0 aliphatic carbocycles. The maximum atomic E-state index is 11.5. The molecule has 0 spiro atoms. The summed E-state index contributed by atoms with van der Waals surface area (Å²) in [6, 6.07) is 3.69. The van der Waals surface area contributed by atoms with Crippen molar-refractivity contribution in [3.05, 3.63) is 24.6 Å². The molecule has 1 unspecified atom stereocenters. The summed E-state index contributed by atoms with van der Waals surface area (Å²) < 4.78 is 15.5. The highest BCUT2D eigenvalue weighted by Gasteiger charge is 2.28. The second-order valence-corrected chi connectivity index (χ2v) is 4.30. The molecule has 0 radical (unpaired) electrons. The lowest BCUT2D eigenvalue weighted by Gasteiger charge is -2.32. The number of rotatable bonds is 2. The average Bonchev–Trinajstić information content (AvgIpc) is 2.94. The van der Waals surface area contributed by atoms with Crippen LogP contribution in [0.25, 0.3) is 11.0 Å². The van der Waals surface area contributed by atoms with Crippen LogP contribution in [-0.2, 0) is 14.3 Å². The molecule has 1 aliphatic heterocycles. The van der Waals surface area contributed by atoms with E-state index in [0.717, 1.165) is 16.8 Å². The van der Waals surface area contributed by atoms with Gasteiger partial charge in [-0.05, 0) is 12.1 Å². The van der Waals surface area contributed by atoms with Crippen molar-refractivity contribution in [3.63, 3.8) is 0 Å². The van der Waals surface area contributed by atoms with E-state index in [4.69, 9.17) is 13.9 Å². The molecule has 3 rings (SSSR count). The van der Waals surface area contributed by atoms with Gasteiger partial charge in [0, 0.05) is 12.7 Å². The van der Waals surface area contributed by atoms with Gasteiger partial charge in [0.2, 0.25) is 0 Å². The zero-order chi connectivity index (χ0) is 13.2. The molecule has 1 fully saturated rings. The minimum absolute atomic E-state index is 0.357. The summed E-state index contributed by atoms with van der Waals surface area (Å²) in [5.74, 6) is 0.451. The van der Waals surface area contributed by atoms with Crippen molar-refractivity contribution >= 4 is 22.8 Å².